The number of sulfone groups is 1. The van der Waals surface area contributed by atoms with E-state index in [1.807, 2.05) is 0 Å². The highest BCUT2D eigenvalue weighted by atomic mass is 32.2. The molecule has 0 aliphatic carbocycles. The highest BCUT2D eigenvalue weighted by molar-refractivity contribution is 7.90. The van der Waals surface area contributed by atoms with Crippen LogP contribution in [0.15, 0.2) is 0 Å². The van der Waals surface area contributed by atoms with Gasteiger partial charge in [-0.2, -0.15) is 4.98 Å². The Balaban J connectivity index is 2.47. The van der Waals surface area contributed by atoms with Crippen molar-refractivity contribution in [3.8, 4) is 5.88 Å². The van der Waals surface area contributed by atoms with E-state index in [4.69, 9.17) is 9.84 Å². The van der Waals surface area contributed by atoms with Gasteiger partial charge in [0.1, 0.15) is 5.82 Å². The van der Waals surface area contributed by atoms with E-state index in [2.05, 4.69) is 9.97 Å². The maximum absolute atomic E-state index is 11.5. The van der Waals surface area contributed by atoms with E-state index in [1.54, 1.807) is 0 Å². The first-order valence-corrected chi connectivity index (χ1v) is 7.12. The lowest BCUT2D eigenvalue weighted by Gasteiger charge is -2.18. The molecular formula is C10H14N2O4S. The highest BCUT2D eigenvalue weighted by Crippen LogP contribution is 2.26. The Morgan fingerprint density at radius 1 is 1.41 bits per heavy atom. The third kappa shape index (κ3) is 2.55. The maximum Gasteiger partial charge on any atom is 0.220 e. The van der Waals surface area contributed by atoms with E-state index in [0.717, 1.165) is 5.69 Å². The van der Waals surface area contributed by atoms with Crippen LogP contribution >= 0.6 is 0 Å². The summed E-state index contributed by atoms with van der Waals surface area (Å²) in [5.74, 6) is 0.841. The predicted molar refractivity (Wildman–Crippen MR) is 60.6 cm³/mol. The van der Waals surface area contributed by atoms with Gasteiger partial charge in [0.25, 0.3) is 0 Å². The van der Waals surface area contributed by atoms with Crippen LogP contribution in [0.4, 0.5) is 0 Å². The standard InChI is InChI=1S/C10H14N2O4S/c1-16-10-7-6-17(14,15)5-3-8(7)11-9(12-10)2-4-13/h13H,2-6H2,1H3. The lowest BCUT2D eigenvalue weighted by atomic mass is 10.2. The molecule has 0 saturated carbocycles. The van der Waals surface area contributed by atoms with Crippen LogP contribution in [0, 0.1) is 0 Å². The van der Waals surface area contributed by atoms with Gasteiger partial charge in [0.05, 0.1) is 36.5 Å². The zero-order chi connectivity index (χ0) is 12.5. The van der Waals surface area contributed by atoms with Crippen LogP contribution in [0.1, 0.15) is 17.1 Å². The second-order valence-corrected chi connectivity index (χ2v) is 6.07. The molecule has 1 aliphatic heterocycles. The van der Waals surface area contributed by atoms with Gasteiger partial charge >= 0.3 is 0 Å². The molecule has 0 amide bonds. The smallest absolute Gasteiger partial charge is 0.220 e. The topological polar surface area (TPSA) is 89.4 Å². The van der Waals surface area contributed by atoms with Crippen molar-refractivity contribution in [1.82, 2.24) is 9.97 Å². The second kappa shape index (κ2) is 4.58. The minimum absolute atomic E-state index is 0.0414. The normalized spacial score (nSPS) is 17.5. The molecule has 2 rings (SSSR count). The van der Waals surface area contributed by atoms with Crippen molar-refractivity contribution in [2.75, 3.05) is 19.5 Å². The Labute approximate surface area is 99.6 Å². The van der Waals surface area contributed by atoms with Gasteiger partial charge in [-0.3, -0.25) is 0 Å². The summed E-state index contributed by atoms with van der Waals surface area (Å²) in [7, 11) is -1.61. The van der Waals surface area contributed by atoms with Crippen LogP contribution in [-0.4, -0.2) is 43.0 Å². The summed E-state index contributed by atoms with van der Waals surface area (Å²) in [4.78, 5) is 8.36. The van der Waals surface area contributed by atoms with Gasteiger partial charge < -0.3 is 9.84 Å². The highest BCUT2D eigenvalue weighted by Gasteiger charge is 2.26. The fourth-order valence-electron chi connectivity index (χ4n) is 1.83. The summed E-state index contributed by atoms with van der Waals surface area (Å²) in [6, 6.07) is 0. The summed E-state index contributed by atoms with van der Waals surface area (Å²) in [6.07, 6.45) is 0.728. The molecule has 1 aromatic heterocycles. The Morgan fingerprint density at radius 3 is 2.82 bits per heavy atom. The Bertz CT molecular complexity index is 510. The van der Waals surface area contributed by atoms with Crippen LogP contribution in [0.25, 0.3) is 0 Å². The quantitative estimate of drug-likeness (QED) is 0.785. The largest absolute Gasteiger partial charge is 0.481 e. The third-order valence-electron chi connectivity index (χ3n) is 2.64. The Morgan fingerprint density at radius 2 is 2.18 bits per heavy atom. The van der Waals surface area contributed by atoms with Crippen LogP contribution in [0.5, 0.6) is 5.88 Å². The van der Waals surface area contributed by atoms with E-state index >= 15 is 0 Å². The van der Waals surface area contributed by atoms with E-state index in [9.17, 15) is 8.42 Å². The molecule has 0 aromatic carbocycles. The molecule has 7 heteroatoms. The summed E-state index contributed by atoms with van der Waals surface area (Å²) in [5.41, 5.74) is 1.27. The Kier molecular flexibility index (Phi) is 3.30. The summed E-state index contributed by atoms with van der Waals surface area (Å²) >= 11 is 0. The fraction of sp³-hybridized carbons (Fsp3) is 0.600. The third-order valence-corrected chi connectivity index (χ3v) is 4.20. The molecule has 0 atom stereocenters. The molecule has 2 heterocycles. The number of aliphatic hydroxyl groups is 1. The molecule has 1 aromatic rings. The van der Waals surface area contributed by atoms with Crippen molar-refractivity contribution in [2.24, 2.45) is 0 Å². The monoisotopic (exact) mass is 258 g/mol. The zero-order valence-electron chi connectivity index (χ0n) is 9.51. The molecule has 94 valence electrons. The van der Waals surface area contributed by atoms with Crippen LogP contribution in [0.3, 0.4) is 0 Å². The van der Waals surface area contributed by atoms with E-state index in [1.165, 1.54) is 7.11 Å². The average Bonchev–Trinajstić information content (AvgIpc) is 2.28. The molecule has 0 bridgehead atoms. The van der Waals surface area contributed by atoms with E-state index in [-0.39, 0.29) is 18.1 Å². The number of aliphatic hydroxyl groups excluding tert-OH is 1. The van der Waals surface area contributed by atoms with Gasteiger partial charge in [0, 0.05) is 12.8 Å². The molecule has 0 fully saturated rings. The van der Waals surface area contributed by atoms with Crippen molar-refractivity contribution in [3.63, 3.8) is 0 Å². The van der Waals surface area contributed by atoms with Crippen molar-refractivity contribution in [1.29, 1.82) is 0 Å². The van der Waals surface area contributed by atoms with Crippen LogP contribution in [0.2, 0.25) is 0 Å². The SMILES string of the molecule is COc1nc(CCO)nc2c1CS(=O)(=O)CC2. The molecule has 0 spiro atoms. The molecule has 0 unspecified atom stereocenters. The van der Waals surface area contributed by atoms with Gasteiger partial charge in [-0.05, 0) is 0 Å². The van der Waals surface area contributed by atoms with Gasteiger partial charge in [0.2, 0.25) is 5.88 Å². The Hall–Kier alpha value is -1.21. The van der Waals surface area contributed by atoms with E-state index < -0.39 is 9.84 Å². The van der Waals surface area contributed by atoms with Gasteiger partial charge in [-0.25, -0.2) is 13.4 Å². The molecule has 17 heavy (non-hydrogen) atoms. The minimum Gasteiger partial charge on any atom is -0.481 e. The molecule has 0 radical (unpaired) electrons. The maximum atomic E-state index is 11.5. The summed E-state index contributed by atoms with van der Waals surface area (Å²) in [6.45, 7) is -0.0414. The summed E-state index contributed by atoms with van der Waals surface area (Å²) in [5, 5.41) is 8.85. The molecule has 0 saturated heterocycles. The first kappa shape index (κ1) is 12.3. The van der Waals surface area contributed by atoms with Crippen LogP contribution in [-0.2, 0) is 28.4 Å². The van der Waals surface area contributed by atoms with Crippen LogP contribution < -0.4 is 4.74 Å². The molecule has 1 aliphatic rings. The molecule has 6 nitrogen and oxygen atoms in total. The van der Waals surface area contributed by atoms with Crippen molar-refractivity contribution < 1.29 is 18.3 Å². The van der Waals surface area contributed by atoms with Gasteiger partial charge in [0.15, 0.2) is 9.84 Å². The van der Waals surface area contributed by atoms with Crippen molar-refractivity contribution in [3.05, 3.63) is 17.1 Å². The molecular weight excluding hydrogens is 244 g/mol. The van der Waals surface area contributed by atoms with Crippen molar-refractivity contribution >= 4 is 9.84 Å². The number of nitrogens with zero attached hydrogens (tertiary/aromatic N) is 2. The van der Waals surface area contributed by atoms with Gasteiger partial charge in [-0.1, -0.05) is 0 Å². The number of aryl methyl sites for hydroxylation is 1. The number of rotatable bonds is 3. The first-order chi connectivity index (χ1) is 8.05. The number of ether oxygens (including phenoxy) is 1. The lowest BCUT2D eigenvalue weighted by molar-refractivity contribution is 0.295. The van der Waals surface area contributed by atoms with E-state index in [0.29, 0.717) is 30.1 Å². The zero-order valence-corrected chi connectivity index (χ0v) is 10.3. The number of hydrogen-bond donors (Lipinski definition) is 1. The fourth-order valence-corrected chi connectivity index (χ4v) is 3.21. The minimum atomic E-state index is -3.06. The summed E-state index contributed by atoms with van der Waals surface area (Å²) < 4.78 is 28.2. The number of methoxy groups -OCH3 is 1. The second-order valence-electron chi connectivity index (χ2n) is 3.89. The average molecular weight is 258 g/mol. The number of fused-ring (bicyclic) bond motifs is 1. The predicted octanol–water partition coefficient (Wildman–Crippen LogP) is -0.509. The number of hydrogen-bond acceptors (Lipinski definition) is 6. The lowest BCUT2D eigenvalue weighted by Crippen LogP contribution is -2.22. The number of aromatic nitrogens is 2. The molecule has 1 N–H and O–H groups in total. The first-order valence-electron chi connectivity index (χ1n) is 5.29. The van der Waals surface area contributed by atoms with Gasteiger partial charge in [-0.15, -0.1) is 0 Å². The van der Waals surface area contributed by atoms with Crippen molar-refractivity contribution in [2.45, 2.75) is 18.6 Å².